The Balaban J connectivity index is 2.35. The summed E-state index contributed by atoms with van der Waals surface area (Å²) >= 11 is 0. The number of pyridine rings is 2. The Bertz CT molecular complexity index is 789. The summed E-state index contributed by atoms with van der Waals surface area (Å²) in [5.41, 5.74) is 8.03. The lowest BCUT2D eigenvalue weighted by Gasteiger charge is -2.16. The number of primary amides is 1. The molecule has 2 aromatic heterocycles. The Labute approximate surface area is 122 Å². The molecule has 2 aromatic rings. The van der Waals surface area contributed by atoms with Crippen LogP contribution in [0.4, 0.5) is 0 Å². The third kappa shape index (κ3) is 2.24. The second kappa shape index (κ2) is 4.84. The number of hydrogen-bond donors (Lipinski definition) is 1. The van der Waals surface area contributed by atoms with E-state index in [4.69, 9.17) is 5.73 Å². The summed E-state index contributed by atoms with van der Waals surface area (Å²) in [5, 5.41) is 0. The first kappa shape index (κ1) is 13.5. The van der Waals surface area contributed by atoms with E-state index in [0.717, 1.165) is 29.8 Å². The van der Waals surface area contributed by atoms with E-state index in [9.17, 15) is 9.59 Å². The van der Waals surface area contributed by atoms with Gasteiger partial charge < -0.3 is 10.3 Å². The first-order valence-corrected chi connectivity index (χ1v) is 6.98. The van der Waals surface area contributed by atoms with Crippen LogP contribution in [-0.4, -0.2) is 15.5 Å². The van der Waals surface area contributed by atoms with E-state index >= 15 is 0 Å². The molecule has 0 aromatic carbocycles. The summed E-state index contributed by atoms with van der Waals surface area (Å²) in [6.45, 7) is 3.76. The monoisotopic (exact) mass is 283 g/mol. The van der Waals surface area contributed by atoms with Crippen molar-refractivity contribution in [3.05, 3.63) is 51.7 Å². The Morgan fingerprint density at radius 1 is 1.38 bits per heavy atom. The van der Waals surface area contributed by atoms with Gasteiger partial charge in [0, 0.05) is 35.4 Å². The first-order chi connectivity index (χ1) is 10.0. The van der Waals surface area contributed by atoms with Crippen LogP contribution in [-0.2, 0) is 0 Å². The molecule has 0 bridgehead atoms. The number of rotatable bonds is 3. The molecule has 1 fully saturated rings. The molecule has 5 heteroatoms. The van der Waals surface area contributed by atoms with Gasteiger partial charge in [-0.05, 0) is 32.8 Å². The summed E-state index contributed by atoms with van der Waals surface area (Å²) in [4.78, 5) is 28.5. The van der Waals surface area contributed by atoms with Crippen molar-refractivity contribution >= 4 is 5.91 Å². The molecule has 21 heavy (non-hydrogen) atoms. The molecule has 0 aliphatic heterocycles. The largest absolute Gasteiger partial charge is 0.365 e. The van der Waals surface area contributed by atoms with Crippen molar-refractivity contribution in [1.29, 1.82) is 0 Å². The lowest BCUT2D eigenvalue weighted by molar-refractivity contribution is 0.0998. The van der Waals surface area contributed by atoms with E-state index in [0.29, 0.717) is 11.6 Å². The summed E-state index contributed by atoms with van der Waals surface area (Å²) in [7, 11) is 0. The molecule has 108 valence electrons. The molecular weight excluding hydrogens is 266 g/mol. The van der Waals surface area contributed by atoms with Gasteiger partial charge in [0.15, 0.2) is 0 Å². The third-order valence-corrected chi connectivity index (χ3v) is 3.97. The lowest BCUT2D eigenvalue weighted by Crippen LogP contribution is -2.26. The Morgan fingerprint density at radius 2 is 2.10 bits per heavy atom. The van der Waals surface area contributed by atoms with Gasteiger partial charge in [-0.15, -0.1) is 0 Å². The maximum atomic E-state index is 12.6. The maximum absolute atomic E-state index is 12.6. The van der Waals surface area contributed by atoms with Crippen LogP contribution in [0.1, 0.15) is 40.6 Å². The fraction of sp³-hybridized carbons (Fsp3) is 0.312. The van der Waals surface area contributed by atoms with Crippen LogP contribution in [0.5, 0.6) is 0 Å². The molecule has 5 nitrogen and oxygen atoms in total. The fourth-order valence-electron chi connectivity index (χ4n) is 2.70. The predicted octanol–water partition coefficient (Wildman–Crippen LogP) is 1.96. The van der Waals surface area contributed by atoms with Gasteiger partial charge in [-0.25, -0.2) is 0 Å². The summed E-state index contributed by atoms with van der Waals surface area (Å²) < 4.78 is 2.00. The van der Waals surface area contributed by atoms with Crippen LogP contribution in [0.2, 0.25) is 0 Å². The second-order valence-corrected chi connectivity index (χ2v) is 5.47. The standard InChI is InChI=1S/C16H17N3O2/c1-9-12(4-3-7-18-9)14-10(2)19(11-5-6-11)8-13(15(14)20)16(17)21/h3-4,7-8,11H,5-6H2,1-2H3,(H2,17,21). The maximum Gasteiger partial charge on any atom is 0.254 e. The minimum absolute atomic E-state index is 0.0470. The van der Waals surface area contributed by atoms with Crippen molar-refractivity contribution in [2.75, 3.05) is 0 Å². The van der Waals surface area contributed by atoms with Crippen LogP contribution in [0.25, 0.3) is 11.1 Å². The minimum atomic E-state index is -0.683. The van der Waals surface area contributed by atoms with Crippen LogP contribution in [0, 0.1) is 13.8 Å². The average molecular weight is 283 g/mol. The van der Waals surface area contributed by atoms with E-state index in [2.05, 4.69) is 4.98 Å². The first-order valence-electron chi connectivity index (χ1n) is 6.98. The van der Waals surface area contributed by atoms with Crippen LogP contribution in [0.3, 0.4) is 0 Å². The number of aryl methyl sites for hydroxylation is 1. The van der Waals surface area contributed by atoms with Gasteiger partial charge in [0.25, 0.3) is 5.91 Å². The quantitative estimate of drug-likeness (QED) is 0.935. The van der Waals surface area contributed by atoms with Gasteiger partial charge in [-0.2, -0.15) is 0 Å². The Hall–Kier alpha value is -2.43. The third-order valence-electron chi connectivity index (χ3n) is 3.97. The normalized spacial score (nSPS) is 14.2. The number of aromatic nitrogens is 2. The van der Waals surface area contributed by atoms with Crippen molar-refractivity contribution < 1.29 is 4.79 Å². The van der Waals surface area contributed by atoms with E-state index in [1.165, 1.54) is 0 Å². The summed E-state index contributed by atoms with van der Waals surface area (Å²) in [5.74, 6) is -0.683. The van der Waals surface area contributed by atoms with Gasteiger partial charge >= 0.3 is 0 Å². The number of hydrogen-bond acceptors (Lipinski definition) is 3. The van der Waals surface area contributed by atoms with Crippen molar-refractivity contribution in [3.63, 3.8) is 0 Å². The van der Waals surface area contributed by atoms with Crippen molar-refractivity contribution in [2.24, 2.45) is 5.73 Å². The molecule has 1 amide bonds. The lowest BCUT2D eigenvalue weighted by atomic mass is 10.00. The van der Waals surface area contributed by atoms with E-state index < -0.39 is 5.91 Å². The highest BCUT2D eigenvalue weighted by molar-refractivity contribution is 5.94. The minimum Gasteiger partial charge on any atom is -0.365 e. The van der Waals surface area contributed by atoms with Crippen molar-refractivity contribution in [3.8, 4) is 11.1 Å². The molecular formula is C16H17N3O2. The van der Waals surface area contributed by atoms with E-state index in [1.807, 2.05) is 24.5 Å². The summed E-state index contributed by atoms with van der Waals surface area (Å²) in [6.07, 6.45) is 5.42. The van der Waals surface area contributed by atoms with Gasteiger partial charge in [0.05, 0.1) is 5.56 Å². The Kier molecular flexibility index (Phi) is 3.12. The molecule has 0 saturated heterocycles. The molecule has 1 saturated carbocycles. The molecule has 0 unspecified atom stereocenters. The van der Waals surface area contributed by atoms with E-state index in [-0.39, 0.29) is 11.0 Å². The second-order valence-electron chi connectivity index (χ2n) is 5.47. The van der Waals surface area contributed by atoms with Gasteiger partial charge in [0.2, 0.25) is 5.43 Å². The van der Waals surface area contributed by atoms with Crippen molar-refractivity contribution in [2.45, 2.75) is 32.7 Å². The van der Waals surface area contributed by atoms with Gasteiger partial charge in [-0.3, -0.25) is 14.6 Å². The zero-order valence-corrected chi connectivity index (χ0v) is 12.1. The summed E-state index contributed by atoms with van der Waals surface area (Å²) in [6, 6.07) is 4.01. The number of carbonyl (C=O) groups excluding carboxylic acids is 1. The SMILES string of the molecule is Cc1ncccc1-c1c(C)n(C2CC2)cc(C(N)=O)c1=O. The molecule has 0 radical (unpaired) electrons. The van der Waals surface area contributed by atoms with Crippen LogP contribution >= 0.6 is 0 Å². The van der Waals surface area contributed by atoms with Crippen molar-refractivity contribution in [1.82, 2.24) is 9.55 Å². The fourth-order valence-corrected chi connectivity index (χ4v) is 2.70. The number of amides is 1. The zero-order chi connectivity index (χ0) is 15.1. The van der Waals surface area contributed by atoms with E-state index in [1.54, 1.807) is 18.5 Å². The molecule has 1 aliphatic rings. The highest BCUT2D eigenvalue weighted by Crippen LogP contribution is 2.37. The predicted molar refractivity (Wildman–Crippen MR) is 80.2 cm³/mol. The number of carbonyl (C=O) groups is 1. The molecule has 2 heterocycles. The average Bonchev–Trinajstić information content (AvgIpc) is 3.25. The molecule has 3 rings (SSSR count). The highest BCUT2D eigenvalue weighted by atomic mass is 16.2. The van der Waals surface area contributed by atoms with Gasteiger partial charge in [0.1, 0.15) is 5.56 Å². The number of nitrogens with two attached hydrogens (primary N) is 1. The smallest absolute Gasteiger partial charge is 0.254 e. The molecule has 2 N–H and O–H groups in total. The molecule has 0 spiro atoms. The molecule has 0 atom stereocenters. The topological polar surface area (TPSA) is 78.0 Å². The van der Waals surface area contributed by atoms with Crippen LogP contribution < -0.4 is 11.2 Å². The highest BCUT2D eigenvalue weighted by Gasteiger charge is 2.28. The van der Waals surface area contributed by atoms with Gasteiger partial charge in [-0.1, -0.05) is 6.07 Å². The number of nitrogens with zero attached hydrogens (tertiary/aromatic N) is 2. The zero-order valence-electron chi connectivity index (χ0n) is 12.1. The Morgan fingerprint density at radius 3 is 2.67 bits per heavy atom. The van der Waals surface area contributed by atoms with Crippen LogP contribution in [0.15, 0.2) is 29.3 Å². The molecule has 1 aliphatic carbocycles.